The number of ether oxygens (including phenoxy) is 1. The highest BCUT2D eigenvalue weighted by molar-refractivity contribution is 6.32. The molecule has 2 N–H and O–H groups in total. The Balaban J connectivity index is 1.56. The number of anilines is 1. The van der Waals surface area contributed by atoms with Gasteiger partial charge in [-0.1, -0.05) is 41.9 Å². The van der Waals surface area contributed by atoms with Crippen LogP contribution in [-0.4, -0.2) is 21.0 Å². The molecule has 0 aliphatic rings. The molecule has 4 aromatic rings. The monoisotopic (exact) mass is 423 g/mol. The molecule has 0 saturated heterocycles. The highest BCUT2D eigenvalue weighted by atomic mass is 35.5. The van der Waals surface area contributed by atoms with Gasteiger partial charge in [-0.25, -0.2) is 14.4 Å². The van der Waals surface area contributed by atoms with Crippen LogP contribution in [0.25, 0.3) is 10.9 Å². The van der Waals surface area contributed by atoms with Crippen molar-refractivity contribution in [2.24, 2.45) is 0 Å². The fourth-order valence-electron chi connectivity index (χ4n) is 2.85. The number of aromatic hydroxyl groups is 1. The Morgan fingerprint density at radius 1 is 1.10 bits per heavy atom. The molecule has 0 radical (unpaired) electrons. The van der Waals surface area contributed by atoms with Gasteiger partial charge < -0.3 is 15.2 Å². The molecule has 8 heteroatoms. The first-order valence-corrected chi connectivity index (χ1v) is 9.30. The lowest BCUT2D eigenvalue weighted by Gasteiger charge is -2.10. The van der Waals surface area contributed by atoms with Crippen LogP contribution in [0.5, 0.6) is 11.5 Å². The summed E-state index contributed by atoms with van der Waals surface area (Å²) in [5.74, 6) is -1.21. The Labute approximate surface area is 175 Å². The lowest BCUT2D eigenvalue weighted by molar-refractivity contribution is 0.102. The van der Waals surface area contributed by atoms with Gasteiger partial charge in [-0.2, -0.15) is 0 Å². The zero-order valence-electron chi connectivity index (χ0n) is 15.5. The number of nitrogens with one attached hydrogen (secondary N) is 1. The number of phenols is 1. The van der Waals surface area contributed by atoms with Crippen molar-refractivity contribution in [1.82, 2.24) is 9.97 Å². The summed E-state index contributed by atoms with van der Waals surface area (Å²) in [6.07, 6.45) is 1.29. The minimum absolute atomic E-state index is 0.181. The van der Waals surface area contributed by atoms with E-state index in [4.69, 9.17) is 16.3 Å². The maximum atomic E-state index is 14.1. The highest BCUT2D eigenvalue weighted by Gasteiger charge is 2.17. The van der Waals surface area contributed by atoms with Crippen molar-refractivity contribution in [1.29, 1.82) is 0 Å². The third-order valence-electron chi connectivity index (χ3n) is 4.37. The van der Waals surface area contributed by atoms with Crippen LogP contribution < -0.4 is 10.1 Å². The van der Waals surface area contributed by atoms with Crippen molar-refractivity contribution in [2.45, 2.75) is 6.61 Å². The molecule has 0 aliphatic heterocycles. The van der Waals surface area contributed by atoms with Crippen LogP contribution in [0, 0.1) is 5.82 Å². The highest BCUT2D eigenvalue weighted by Crippen LogP contribution is 2.28. The molecule has 1 aromatic heterocycles. The molecule has 1 heterocycles. The van der Waals surface area contributed by atoms with E-state index in [9.17, 15) is 14.3 Å². The number of carbonyl (C=O) groups is 1. The molecule has 0 aliphatic carbocycles. The summed E-state index contributed by atoms with van der Waals surface area (Å²) in [5, 5.41) is 12.6. The number of amides is 1. The minimum atomic E-state index is -0.856. The number of nitrogens with zero attached hydrogens (tertiary/aromatic N) is 2. The smallest absolute Gasteiger partial charge is 0.259 e. The maximum absolute atomic E-state index is 14.1. The maximum Gasteiger partial charge on any atom is 0.259 e. The van der Waals surface area contributed by atoms with Gasteiger partial charge in [0.2, 0.25) is 0 Å². The van der Waals surface area contributed by atoms with Gasteiger partial charge in [0, 0.05) is 11.5 Å². The van der Waals surface area contributed by atoms with Gasteiger partial charge >= 0.3 is 0 Å². The van der Waals surface area contributed by atoms with Gasteiger partial charge in [0.25, 0.3) is 5.91 Å². The summed E-state index contributed by atoms with van der Waals surface area (Å²) in [6.45, 7) is 0.403. The summed E-state index contributed by atoms with van der Waals surface area (Å²) in [4.78, 5) is 20.8. The molecule has 150 valence electrons. The van der Waals surface area contributed by atoms with Crippen molar-refractivity contribution < 1.29 is 19.0 Å². The molecule has 0 bridgehead atoms. The van der Waals surface area contributed by atoms with E-state index in [2.05, 4.69) is 15.3 Å². The molecule has 0 atom stereocenters. The molecular weight excluding hydrogens is 409 g/mol. The number of hydrogen-bond donors (Lipinski definition) is 2. The molecule has 1 amide bonds. The summed E-state index contributed by atoms with van der Waals surface area (Å²) >= 11 is 5.65. The van der Waals surface area contributed by atoms with Gasteiger partial charge in [0.15, 0.2) is 0 Å². The van der Waals surface area contributed by atoms with Crippen LogP contribution in [-0.2, 0) is 6.61 Å². The number of hydrogen-bond acceptors (Lipinski definition) is 5. The van der Waals surface area contributed by atoms with E-state index >= 15 is 0 Å². The Morgan fingerprint density at radius 2 is 1.90 bits per heavy atom. The van der Waals surface area contributed by atoms with Crippen molar-refractivity contribution in [2.75, 3.05) is 5.32 Å². The molecule has 30 heavy (non-hydrogen) atoms. The van der Waals surface area contributed by atoms with Crippen LogP contribution >= 0.6 is 11.6 Å². The quantitative estimate of drug-likeness (QED) is 0.474. The fraction of sp³-hybridized carbons (Fsp3) is 0.0455. The zero-order valence-corrected chi connectivity index (χ0v) is 16.2. The van der Waals surface area contributed by atoms with Gasteiger partial charge in [-0.3, -0.25) is 4.79 Å². The first-order chi connectivity index (χ1) is 14.5. The van der Waals surface area contributed by atoms with Crippen LogP contribution in [0.3, 0.4) is 0 Å². The summed E-state index contributed by atoms with van der Waals surface area (Å²) in [5.41, 5.74) is 1.22. The van der Waals surface area contributed by atoms with E-state index in [1.54, 1.807) is 18.2 Å². The van der Waals surface area contributed by atoms with Gasteiger partial charge in [0.05, 0.1) is 16.1 Å². The fourth-order valence-corrected chi connectivity index (χ4v) is 3.00. The Bertz CT molecular complexity index is 1240. The molecule has 0 unspecified atom stereocenters. The second-order valence-electron chi connectivity index (χ2n) is 6.41. The van der Waals surface area contributed by atoms with E-state index in [0.717, 1.165) is 17.7 Å². The van der Waals surface area contributed by atoms with Crippen LogP contribution in [0.15, 0.2) is 67.0 Å². The second kappa shape index (κ2) is 8.34. The van der Waals surface area contributed by atoms with Gasteiger partial charge in [-0.05, 0) is 29.8 Å². The molecular formula is C22H15ClFN3O3. The molecule has 0 spiro atoms. The van der Waals surface area contributed by atoms with Crippen molar-refractivity contribution in [3.05, 3.63) is 89.0 Å². The zero-order chi connectivity index (χ0) is 21.1. The average molecular weight is 424 g/mol. The Morgan fingerprint density at radius 3 is 2.70 bits per heavy atom. The number of rotatable bonds is 5. The summed E-state index contributed by atoms with van der Waals surface area (Å²) in [7, 11) is 0. The molecule has 6 nitrogen and oxygen atoms in total. The largest absolute Gasteiger partial charge is 0.506 e. The third-order valence-corrected chi connectivity index (χ3v) is 4.67. The normalized spacial score (nSPS) is 10.7. The number of phenolic OH excluding ortho intramolecular Hbond substituents is 1. The van der Waals surface area contributed by atoms with E-state index in [0.29, 0.717) is 23.3 Å². The number of halogens is 2. The van der Waals surface area contributed by atoms with Crippen molar-refractivity contribution >= 4 is 34.2 Å². The standard InChI is InChI=1S/C22H15ClFN3O3/c23-17-10-18(24)16(9-20(17)28)22(29)27-21-15-7-6-14(8-19(15)25-12-26-21)30-11-13-4-2-1-3-5-13/h1-10,12,28H,11H2,(H,25,26,27,29). The van der Waals surface area contributed by atoms with E-state index in [1.165, 1.54) is 6.33 Å². The topological polar surface area (TPSA) is 84.3 Å². The van der Waals surface area contributed by atoms with Crippen molar-refractivity contribution in [3.63, 3.8) is 0 Å². The summed E-state index contributed by atoms with van der Waals surface area (Å²) in [6, 6.07) is 16.7. The average Bonchev–Trinajstić information content (AvgIpc) is 2.75. The summed E-state index contributed by atoms with van der Waals surface area (Å²) < 4.78 is 19.9. The first-order valence-electron chi connectivity index (χ1n) is 8.92. The Kier molecular flexibility index (Phi) is 5.45. The van der Waals surface area contributed by atoms with E-state index < -0.39 is 17.5 Å². The second-order valence-corrected chi connectivity index (χ2v) is 6.82. The predicted molar refractivity (Wildman–Crippen MR) is 111 cm³/mol. The lowest BCUT2D eigenvalue weighted by atomic mass is 10.1. The van der Waals surface area contributed by atoms with Crippen LogP contribution in [0.1, 0.15) is 15.9 Å². The first kappa shape index (κ1) is 19.6. The van der Waals surface area contributed by atoms with Gasteiger partial charge in [-0.15, -0.1) is 0 Å². The van der Waals surface area contributed by atoms with E-state index in [-0.39, 0.29) is 16.4 Å². The SMILES string of the molecule is O=C(Nc1ncnc2cc(OCc3ccccc3)ccc12)c1cc(O)c(Cl)cc1F. The number of aromatic nitrogens is 2. The van der Waals surface area contributed by atoms with E-state index in [1.807, 2.05) is 30.3 Å². The predicted octanol–water partition coefficient (Wildman–Crippen LogP) is 4.96. The number of carbonyl (C=O) groups excluding carboxylic acids is 1. The molecule has 3 aromatic carbocycles. The number of fused-ring (bicyclic) bond motifs is 1. The molecule has 0 saturated carbocycles. The third kappa shape index (κ3) is 4.16. The molecule has 4 rings (SSSR count). The molecule has 0 fully saturated rings. The van der Waals surface area contributed by atoms with Crippen LogP contribution in [0.4, 0.5) is 10.2 Å². The lowest BCUT2D eigenvalue weighted by Crippen LogP contribution is -2.15. The Hall–Kier alpha value is -3.71. The van der Waals surface area contributed by atoms with Gasteiger partial charge in [0.1, 0.15) is 36.1 Å². The van der Waals surface area contributed by atoms with Crippen molar-refractivity contribution in [3.8, 4) is 11.5 Å². The van der Waals surface area contributed by atoms with Crippen LogP contribution in [0.2, 0.25) is 5.02 Å². The minimum Gasteiger partial charge on any atom is -0.506 e. The number of benzene rings is 3.